The number of anilines is 1. The minimum Gasteiger partial charge on any atom is -0.497 e. The Morgan fingerprint density at radius 1 is 1.31 bits per heavy atom. The van der Waals surface area contributed by atoms with Gasteiger partial charge in [-0.2, -0.15) is 0 Å². The van der Waals surface area contributed by atoms with Gasteiger partial charge in [0.1, 0.15) is 17.3 Å². The molecular formula is C25H26N4O5S. The maximum atomic E-state index is 12.7. The number of ether oxygens (including phenoxy) is 2. The lowest BCUT2D eigenvalue weighted by atomic mass is 9.95. The van der Waals surface area contributed by atoms with Crippen LogP contribution in [0, 0.1) is 0 Å². The topological polar surface area (TPSA) is 123 Å². The van der Waals surface area contributed by atoms with Crippen molar-refractivity contribution < 1.29 is 24.2 Å². The van der Waals surface area contributed by atoms with E-state index in [1.54, 1.807) is 25.4 Å². The number of thioether (sulfide) groups is 1. The number of nitrogens with zero attached hydrogens (tertiary/aromatic N) is 2. The fourth-order valence-corrected chi connectivity index (χ4v) is 5.14. The zero-order chi connectivity index (χ0) is 24.4. The van der Waals surface area contributed by atoms with Gasteiger partial charge in [0.25, 0.3) is 5.91 Å². The van der Waals surface area contributed by atoms with Crippen molar-refractivity contribution in [3.05, 3.63) is 53.9 Å². The first kappa shape index (κ1) is 23.5. The number of carbonyl (C=O) groups is 2. The van der Waals surface area contributed by atoms with Gasteiger partial charge in [0.2, 0.25) is 5.91 Å². The number of aliphatic hydroxyl groups excluding tert-OH is 1. The molecule has 2 aliphatic heterocycles. The van der Waals surface area contributed by atoms with E-state index in [2.05, 4.69) is 20.6 Å². The summed E-state index contributed by atoms with van der Waals surface area (Å²) in [6.45, 7) is 0.301. The zero-order valence-corrected chi connectivity index (χ0v) is 20.0. The third kappa shape index (κ3) is 5.24. The Kier molecular flexibility index (Phi) is 6.85. The van der Waals surface area contributed by atoms with Crippen LogP contribution < -0.4 is 15.4 Å². The van der Waals surface area contributed by atoms with Crippen LogP contribution in [0.15, 0.2) is 47.5 Å². The quantitative estimate of drug-likeness (QED) is 0.478. The number of fused-ring (bicyclic) bond motifs is 2. The van der Waals surface area contributed by atoms with Crippen molar-refractivity contribution in [3.63, 3.8) is 0 Å². The average molecular weight is 495 g/mol. The number of pyridine rings is 2. The van der Waals surface area contributed by atoms with Crippen LogP contribution in [0.1, 0.15) is 28.9 Å². The molecule has 1 fully saturated rings. The Balaban J connectivity index is 1.17. The van der Waals surface area contributed by atoms with Crippen LogP contribution in [0.5, 0.6) is 5.75 Å². The molecule has 1 saturated heterocycles. The number of methoxy groups -OCH3 is 1. The van der Waals surface area contributed by atoms with Crippen LogP contribution in [0.25, 0.3) is 10.9 Å². The van der Waals surface area contributed by atoms with E-state index < -0.39 is 6.10 Å². The lowest BCUT2D eigenvalue weighted by Gasteiger charge is -2.32. The van der Waals surface area contributed by atoms with E-state index in [-0.39, 0.29) is 29.7 Å². The Morgan fingerprint density at radius 2 is 2.20 bits per heavy atom. The average Bonchev–Trinajstić information content (AvgIpc) is 2.88. The maximum Gasteiger partial charge on any atom is 0.270 e. The molecule has 1 aromatic carbocycles. The van der Waals surface area contributed by atoms with Gasteiger partial charge in [-0.15, -0.1) is 11.8 Å². The molecule has 2 aromatic heterocycles. The van der Waals surface area contributed by atoms with Crippen molar-refractivity contribution in [2.45, 2.75) is 42.4 Å². The smallest absolute Gasteiger partial charge is 0.270 e. The Labute approximate surface area is 206 Å². The maximum absolute atomic E-state index is 12.7. The summed E-state index contributed by atoms with van der Waals surface area (Å²) in [6.07, 6.45) is 2.44. The summed E-state index contributed by atoms with van der Waals surface area (Å²) in [6, 6.07) is 10.9. The van der Waals surface area contributed by atoms with Gasteiger partial charge in [-0.05, 0) is 54.8 Å². The predicted molar refractivity (Wildman–Crippen MR) is 132 cm³/mol. The van der Waals surface area contributed by atoms with Gasteiger partial charge in [0.15, 0.2) is 0 Å². The molecule has 1 unspecified atom stereocenters. The van der Waals surface area contributed by atoms with E-state index >= 15 is 0 Å². The second-order valence-corrected chi connectivity index (χ2v) is 9.64. The summed E-state index contributed by atoms with van der Waals surface area (Å²) in [7, 11) is 1.62. The van der Waals surface area contributed by atoms with E-state index in [0.717, 1.165) is 27.1 Å². The van der Waals surface area contributed by atoms with Gasteiger partial charge < -0.3 is 25.2 Å². The number of aromatic nitrogens is 2. The molecule has 2 aliphatic rings. The second kappa shape index (κ2) is 10.2. The molecule has 0 aliphatic carbocycles. The van der Waals surface area contributed by atoms with Crippen molar-refractivity contribution in [1.29, 1.82) is 0 Å². The number of benzene rings is 1. The molecule has 5 rings (SSSR count). The molecule has 0 bridgehead atoms. The van der Waals surface area contributed by atoms with E-state index in [1.165, 1.54) is 11.8 Å². The summed E-state index contributed by atoms with van der Waals surface area (Å²) < 4.78 is 11.3. The van der Waals surface area contributed by atoms with Gasteiger partial charge in [-0.1, -0.05) is 0 Å². The van der Waals surface area contributed by atoms with Gasteiger partial charge in [0, 0.05) is 18.0 Å². The lowest BCUT2D eigenvalue weighted by Crippen LogP contribution is -2.46. The molecule has 182 valence electrons. The molecule has 3 N–H and O–H groups in total. The van der Waals surface area contributed by atoms with Crippen LogP contribution in [-0.4, -0.2) is 64.6 Å². The number of hydrogen-bond acceptors (Lipinski definition) is 8. The molecule has 10 heteroatoms. The van der Waals surface area contributed by atoms with Crippen LogP contribution >= 0.6 is 11.8 Å². The summed E-state index contributed by atoms with van der Waals surface area (Å²) >= 11 is 1.40. The monoisotopic (exact) mass is 494 g/mol. The highest BCUT2D eigenvalue weighted by atomic mass is 32.2. The summed E-state index contributed by atoms with van der Waals surface area (Å²) in [4.78, 5) is 33.8. The van der Waals surface area contributed by atoms with E-state index in [1.807, 2.05) is 24.3 Å². The second-order valence-electron chi connectivity index (χ2n) is 8.62. The molecule has 0 saturated carbocycles. The summed E-state index contributed by atoms with van der Waals surface area (Å²) in [5.74, 6) is 1.06. The van der Waals surface area contributed by atoms with Gasteiger partial charge in [-0.3, -0.25) is 14.6 Å². The van der Waals surface area contributed by atoms with Crippen molar-refractivity contribution >= 4 is 40.3 Å². The number of hydrogen-bond donors (Lipinski definition) is 3. The minimum atomic E-state index is -0.688. The van der Waals surface area contributed by atoms with Crippen molar-refractivity contribution in [2.75, 3.05) is 24.8 Å². The largest absolute Gasteiger partial charge is 0.497 e. The molecule has 0 radical (unpaired) electrons. The zero-order valence-electron chi connectivity index (χ0n) is 19.2. The number of carbonyl (C=O) groups excluding carboxylic acids is 2. The van der Waals surface area contributed by atoms with Gasteiger partial charge >= 0.3 is 0 Å². The molecule has 3 atom stereocenters. The molecule has 9 nitrogen and oxygen atoms in total. The van der Waals surface area contributed by atoms with Gasteiger partial charge in [0.05, 0.1) is 48.1 Å². The fourth-order valence-electron chi connectivity index (χ4n) is 4.38. The highest BCUT2D eigenvalue weighted by Crippen LogP contribution is 2.30. The van der Waals surface area contributed by atoms with Crippen LogP contribution in [0.2, 0.25) is 0 Å². The first-order valence-corrected chi connectivity index (χ1v) is 12.4. The molecule has 3 aromatic rings. The summed E-state index contributed by atoms with van der Waals surface area (Å²) in [5, 5.41) is 17.5. The van der Waals surface area contributed by atoms with E-state index in [0.29, 0.717) is 37.4 Å². The molecule has 0 spiro atoms. The lowest BCUT2D eigenvalue weighted by molar-refractivity contribution is -0.113. The predicted octanol–water partition coefficient (Wildman–Crippen LogP) is 2.56. The van der Waals surface area contributed by atoms with Gasteiger partial charge in [-0.25, -0.2) is 4.98 Å². The number of nitrogens with one attached hydrogen (secondary N) is 2. The Bertz CT molecular complexity index is 1260. The van der Waals surface area contributed by atoms with Crippen LogP contribution in [0.3, 0.4) is 0 Å². The molecule has 35 heavy (non-hydrogen) atoms. The SMILES string of the molecule is COc1ccc2nccc(CC(O)[C@@H]3CC[C@@H](NC(=O)c4ccc5c(n4)NC(=O)CS5)CO3)c2c1. The van der Waals surface area contributed by atoms with Crippen molar-refractivity contribution in [1.82, 2.24) is 15.3 Å². The van der Waals surface area contributed by atoms with E-state index in [9.17, 15) is 14.7 Å². The number of rotatable bonds is 6. The normalized spacial score (nSPS) is 20.6. The third-order valence-electron chi connectivity index (χ3n) is 6.25. The van der Waals surface area contributed by atoms with Crippen LogP contribution in [-0.2, 0) is 16.0 Å². The molecular weight excluding hydrogens is 468 g/mol. The Hall–Kier alpha value is -3.21. The van der Waals surface area contributed by atoms with E-state index in [4.69, 9.17) is 9.47 Å². The molecule has 2 amide bonds. The van der Waals surface area contributed by atoms with Crippen molar-refractivity contribution in [2.24, 2.45) is 0 Å². The Morgan fingerprint density at radius 3 is 3.00 bits per heavy atom. The number of aliphatic hydroxyl groups is 1. The first-order valence-electron chi connectivity index (χ1n) is 11.5. The fraction of sp³-hybridized carbons (Fsp3) is 0.360. The number of amides is 2. The highest BCUT2D eigenvalue weighted by Gasteiger charge is 2.29. The van der Waals surface area contributed by atoms with Crippen molar-refractivity contribution in [3.8, 4) is 5.75 Å². The summed E-state index contributed by atoms with van der Waals surface area (Å²) in [5.41, 5.74) is 2.06. The third-order valence-corrected chi connectivity index (χ3v) is 7.30. The standard InChI is InChI=1S/C25H26N4O5S/c1-33-16-3-4-18-17(11-16)14(8-9-26-18)10-20(30)21-6-2-15(12-34-21)27-25(32)19-5-7-22-24(28-19)29-23(31)13-35-22/h3-5,7-9,11,15,20-21,30H,2,6,10,12-13H2,1H3,(H,27,32)(H,28,29,31)/t15-,20?,21+/m1/s1. The first-order chi connectivity index (χ1) is 17.0. The molecule has 4 heterocycles. The minimum absolute atomic E-state index is 0.128. The highest BCUT2D eigenvalue weighted by molar-refractivity contribution is 8.00. The van der Waals surface area contributed by atoms with Crippen LogP contribution in [0.4, 0.5) is 5.82 Å².